The Morgan fingerprint density at radius 3 is 2.27 bits per heavy atom. The van der Waals surface area contributed by atoms with Crippen molar-refractivity contribution < 1.29 is 58.9 Å². The van der Waals surface area contributed by atoms with Crippen LogP contribution in [0, 0.1) is 30.6 Å². The number of phenols is 3. The maximum absolute atomic E-state index is 14.5. The second-order valence-corrected chi connectivity index (χ2v) is 16.5. The highest BCUT2D eigenvalue weighted by Gasteiger charge is 2.50. The van der Waals surface area contributed by atoms with Crippen LogP contribution in [0.1, 0.15) is 75.5 Å². The fourth-order valence-corrected chi connectivity index (χ4v) is 7.99. The summed E-state index contributed by atoms with van der Waals surface area (Å²) in [7, 11) is 3.21. The molecule has 0 aromatic heterocycles. The lowest BCUT2D eigenvalue weighted by molar-refractivity contribution is -0.160. The highest BCUT2D eigenvalue weighted by atomic mass is 16.7. The number of rotatable bonds is 7. The van der Waals surface area contributed by atoms with Crippen LogP contribution in [-0.2, 0) is 30.3 Å². The van der Waals surface area contributed by atoms with Crippen LogP contribution >= 0.6 is 0 Å². The zero-order valence-electron chi connectivity index (χ0n) is 37.2. The first-order valence-electron chi connectivity index (χ1n) is 20.6. The zero-order valence-corrected chi connectivity index (χ0v) is 37.2. The SMILES string of the molecule is CO[C@H]1/C=C/O[C@@]2(C)Oc3c(C)c(O)c4c(O)c(c(/C=N/N=C/N(C)Cc5ccccc5)c(O)c4c3C2=O)NC(=O)/C(C)=C\C=C\[C@@H](C)[C@H](O)[C@@H](C)[C@H](O)[C@H](C)[C@H](OC(C)=O)[C@@H]1C. The normalized spacial score (nSPS) is 29.0. The van der Waals surface area contributed by atoms with E-state index in [2.05, 4.69) is 15.5 Å². The van der Waals surface area contributed by atoms with Crippen molar-refractivity contribution in [3.05, 3.63) is 88.7 Å². The molecule has 63 heavy (non-hydrogen) atoms. The number of carbonyl (C=O) groups excluding carboxylic acids is 3. The number of hydrogen-bond donors (Lipinski definition) is 6. The van der Waals surface area contributed by atoms with Crippen molar-refractivity contribution in [3.63, 3.8) is 0 Å². The molecule has 6 rings (SSSR count). The number of esters is 1. The quantitative estimate of drug-likeness (QED) is 0.0386. The number of ketones is 1. The van der Waals surface area contributed by atoms with Crippen molar-refractivity contribution in [3.8, 4) is 23.0 Å². The maximum atomic E-state index is 14.5. The maximum Gasteiger partial charge on any atom is 0.312 e. The van der Waals surface area contributed by atoms with Gasteiger partial charge in [0.05, 0.1) is 53.0 Å². The molecule has 1 amide bonds. The Labute approximate surface area is 366 Å². The van der Waals surface area contributed by atoms with Crippen molar-refractivity contribution in [2.75, 3.05) is 19.5 Å². The largest absolute Gasteiger partial charge is 0.507 e. The Hall–Kier alpha value is -6.23. The number of hydrogen-bond acceptors (Lipinski definition) is 14. The molecule has 5 bridgehead atoms. The molecule has 0 radical (unpaired) electrons. The summed E-state index contributed by atoms with van der Waals surface area (Å²) in [6, 6.07) is 9.63. The van der Waals surface area contributed by atoms with Crippen LogP contribution in [0.3, 0.4) is 0 Å². The van der Waals surface area contributed by atoms with Gasteiger partial charge in [0.1, 0.15) is 29.7 Å². The Kier molecular flexibility index (Phi) is 15.1. The summed E-state index contributed by atoms with van der Waals surface area (Å²) < 4.78 is 23.6. The van der Waals surface area contributed by atoms with Crippen LogP contribution in [-0.4, -0.2) is 105 Å². The number of Topliss-reactive ketones (excluding diaryl/α,β-unsaturated/α-hetero) is 1. The van der Waals surface area contributed by atoms with Crippen LogP contribution in [0.5, 0.6) is 23.0 Å². The molecule has 3 aromatic rings. The first-order chi connectivity index (χ1) is 29.7. The number of fused-ring (bicyclic) bond motifs is 14. The molecule has 338 valence electrons. The van der Waals surface area contributed by atoms with Gasteiger partial charge in [0.2, 0.25) is 0 Å². The minimum Gasteiger partial charge on any atom is -0.507 e. The molecule has 16 heteroatoms. The zero-order chi connectivity index (χ0) is 46.5. The van der Waals surface area contributed by atoms with E-state index in [1.807, 2.05) is 30.3 Å². The Bertz CT molecular complexity index is 2360. The monoisotopic (exact) mass is 870 g/mol. The Morgan fingerprint density at radius 2 is 1.62 bits per heavy atom. The number of anilines is 1. The van der Waals surface area contributed by atoms with E-state index in [-0.39, 0.29) is 44.5 Å². The van der Waals surface area contributed by atoms with E-state index in [1.165, 1.54) is 59.6 Å². The van der Waals surface area contributed by atoms with Crippen molar-refractivity contribution >= 4 is 46.7 Å². The van der Waals surface area contributed by atoms with Gasteiger partial charge >= 0.3 is 11.8 Å². The predicted molar refractivity (Wildman–Crippen MR) is 238 cm³/mol. The number of benzene rings is 3. The van der Waals surface area contributed by atoms with E-state index in [0.717, 1.165) is 11.8 Å². The number of ether oxygens (including phenoxy) is 4. The second-order valence-electron chi connectivity index (χ2n) is 16.5. The summed E-state index contributed by atoms with van der Waals surface area (Å²) in [6.45, 7) is 12.9. The molecule has 3 aliphatic rings. The van der Waals surface area contributed by atoms with E-state index in [4.69, 9.17) is 18.9 Å². The number of nitrogens with one attached hydrogen (secondary N) is 1. The van der Waals surface area contributed by atoms with E-state index in [0.29, 0.717) is 6.54 Å². The number of phenolic OH excluding ortho intramolecular Hbond substituents is 3. The molecule has 0 saturated carbocycles. The number of aliphatic hydroxyl groups is 2. The number of aromatic hydroxyl groups is 3. The number of methoxy groups -OCH3 is 1. The van der Waals surface area contributed by atoms with E-state index < -0.39 is 88.8 Å². The van der Waals surface area contributed by atoms with Crippen molar-refractivity contribution in [1.82, 2.24) is 4.90 Å². The number of amides is 1. The van der Waals surface area contributed by atoms with E-state index >= 15 is 0 Å². The van der Waals surface area contributed by atoms with E-state index in [1.54, 1.807) is 51.8 Å². The van der Waals surface area contributed by atoms with Gasteiger partial charge in [-0.25, -0.2) is 0 Å². The molecule has 3 heterocycles. The molecule has 9 atom stereocenters. The summed E-state index contributed by atoms with van der Waals surface area (Å²) in [5.74, 6) is -8.74. The topological polar surface area (TPSA) is 229 Å². The third kappa shape index (κ3) is 10.0. The van der Waals surface area contributed by atoms with Crippen LogP contribution in [0.15, 0.2) is 76.7 Å². The molecule has 0 saturated heterocycles. The van der Waals surface area contributed by atoms with Gasteiger partial charge in [-0.15, -0.1) is 5.10 Å². The molecule has 16 nitrogen and oxygen atoms in total. The van der Waals surface area contributed by atoms with Crippen LogP contribution in [0.25, 0.3) is 10.8 Å². The summed E-state index contributed by atoms with van der Waals surface area (Å²) in [5, 5.41) is 68.7. The number of aliphatic hydroxyl groups excluding tert-OH is 2. The highest BCUT2D eigenvalue weighted by Crippen LogP contribution is 2.55. The second kappa shape index (κ2) is 19.9. The molecular weight excluding hydrogens is 813 g/mol. The third-order valence-corrected chi connectivity index (χ3v) is 11.8. The van der Waals surface area contributed by atoms with Crippen molar-refractivity contribution in [2.24, 2.45) is 33.9 Å². The summed E-state index contributed by atoms with van der Waals surface area (Å²) >= 11 is 0. The van der Waals surface area contributed by atoms with Gasteiger partial charge in [0, 0.05) is 74.7 Å². The van der Waals surface area contributed by atoms with Crippen LogP contribution < -0.4 is 10.1 Å². The summed E-state index contributed by atoms with van der Waals surface area (Å²) in [4.78, 5) is 42.3. The van der Waals surface area contributed by atoms with Gasteiger partial charge in [0.15, 0.2) is 5.75 Å². The van der Waals surface area contributed by atoms with Gasteiger partial charge in [-0.2, -0.15) is 5.10 Å². The van der Waals surface area contributed by atoms with Gasteiger partial charge in [-0.3, -0.25) is 14.4 Å². The smallest absolute Gasteiger partial charge is 0.312 e. The van der Waals surface area contributed by atoms with Crippen LogP contribution in [0.4, 0.5) is 5.69 Å². The first kappa shape index (κ1) is 47.8. The fourth-order valence-electron chi connectivity index (χ4n) is 7.99. The fraction of sp³-hybridized carbons (Fsp3) is 0.426. The first-order valence-corrected chi connectivity index (χ1v) is 20.6. The molecule has 0 spiro atoms. The predicted octanol–water partition coefficient (Wildman–Crippen LogP) is 6.25. The Morgan fingerprint density at radius 1 is 0.937 bits per heavy atom. The summed E-state index contributed by atoms with van der Waals surface area (Å²) in [5.41, 5.74) is 0.359. The summed E-state index contributed by atoms with van der Waals surface area (Å²) in [6.07, 6.45) is 5.95. The average Bonchev–Trinajstić information content (AvgIpc) is 3.51. The number of carbonyl (C=O) groups is 3. The van der Waals surface area contributed by atoms with Crippen LogP contribution in [0.2, 0.25) is 0 Å². The standard InChI is InChI=1S/C47H58N4O12/c1-24-15-14-16-25(2)46(59)50-37-32(21-48-49-23-51(9)22-31-17-12-11-13-18-31)41(56)34-35(42(37)57)40(55)29(6)44-36(34)45(58)47(8,63-44)61-20-19-33(60-10)26(3)43(62-30(7)52)28(5)39(54)27(4)38(24)53/h11-21,23-24,26-28,33,38-39,43,53-57H,22H2,1-10H3,(H,50,59)/b15-14+,20-19+,25-16-,48-21+,49-23+/t24-,26-,27-,28+,33+,38+,39+,43-,47+/m1/s1. The minimum absolute atomic E-state index is 0.0269. The molecule has 3 aromatic carbocycles. The van der Waals surface area contributed by atoms with Gasteiger partial charge in [0.25, 0.3) is 11.7 Å². The molecular formula is C47H58N4O12. The molecule has 0 unspecified atom stereocenters. The molecule has 6 N–H and O–H groups in total. The van der Waals surface area contributed by atoms with Gasteiger partial charge in [-0.1, -0.05) is 76.3 Å². The number of nitrogens with zero attached hydrogens (tertiary/aromatic N) is 3. The van der Waals surface area contributed by atoms with Gasteiger partial charge < -0.3 is 54.7 Å². The highest BCUT2D eigenvalue weighted by molar-refractivity contribution is 6.23. The van der Waals surface area contributed by atoms with E-state index in [9.17, 15) is 39.9 Å². The molecule has 0 fully saturated rings. The minimum atomic E-state index is -2.08. The van der Waals surface area contributed by atoms with Crippen molar-refractivity contribution in [2.45, 2.75) is 92.1 Å². The Balaban J connectivity index is 1.68. The lowest BCUT2D eigenvalue weighted by Crippen LogP contribution is -2.46. The third-order valence-electron chi connectivity index (χ3n) is 11.8. The van der Waals surface area contributed by atoms with Gasteiger partial charge in [-0.05, 0) is 25.5 Å². The molecule has 3 aliphatic heterocycles. The average molecular weight is 871 g/mol. The number of allylic oxidation sites excluding steroid dienone is 2. The lowest BCUT2D eigenvalue weighted by atomic mass is 9.78. The molecule has 0 aliphatic carbocycles. The lowest BCUT2D eigenvalue weighted by Gasteiger charge is -2.38. The van der Waals surface area contributed by atoms with Crippen molar-refractivity contribution in [1.29, 1.82) is 0 Å².